The highest BCUT2D eigenvalue weighted by atomic mass is 16.6. The zero-order valence-corrected chi connectivity index (χ0v) is 11.4. The molecule has 1 amide bonds. The van der Waals surface area contributed by atoms with E-state index in [1.165, 1.54) is 0 Å². The van der Waals surface area contributed by atoms with Crippen molar-refractivity contribution >= 4 is 22.8 Å². The molecule has 1 aliphatic heterocycles. The van der Waals surface area contributed by atoms with Crippen molar-refractivity contribution in [2.45, 2.75) is 31.9 Å². The van der Waals surface area contributed by atoms with Gasteiger partial charge in [-0.05, 0) is 19.1 Å². The van der Waals surface area contributed by atoms with Gasteiger partial charge in [-0.1, -0.05) is 0 Å². The van der Waals surface area contributed by atoms with Crippen LogP contribution in [0.15, 0.2) is 24.5 Å². The van der Waals surface area contributed by atoms with Crippen molar-refractivity contribution in [3.63, 3.8) is 0 Å². The molecule has 0 bridgehead atoms. The molecule has 2 atom stereocenters. The third-order valence-corrected chi connectivity index (χ3v) is 3.84. The Morgan fingerprint density at radius 3 is 3.20 bits per heavy atom. The Balaban J connectivity index is 1.80. The first-order chi connectivity index (χ1) is 9.65. The molecule has 20 heavy (non-hydrogen) atoms. The molecular weight excluding hydrogens is 256 g/mol. The summed E-state index contributed by atoms with van der Waals surface area (Å²) in [5.74, 6) is 0. The van der Waals surface area contributed by atoms with Crippen LogP contribution < -0.4 is 10.6 Å². The van der Waals surface area contributed by atoms with Gasteiger partial charge in [0.1, 0.15) is 11.6 Å². The van der Waals surface area contributed by atoms with Crippen LogP contribution in [0.4, 0.5) is 10.5 Å². The molecule has 0 radical (unpaired) electrons. The van der Waals surface area contributed by atoms with Crippen molar-refractivity contribution < 1.29 is 9.53 Å². The minimum absolute atomic E-state index is 0.0862. The van der Waals surface area contributed by atoms with Gasteiger partial charge < -0.3 is 20.4 Å². The molecule has 106 valence electrons. The summed E-state index contributed by atoms with van der Waals surface area (Å²) in [6, 6.07) is 4.20. The lowest BCUT2D eigenvalue weighted by molar-refractivity contribution is 0.0838. The van der Waals surface area contributed by atoms with E-state index in [1.54, 1.807) is 6.20 Å². The molecule has 6 heteroatoms. The largest absolute Gasteiger partial charge is 0.446 e. The van der Waals surface area contributed by atoms with Crippen LogP contribution in [0.2, 0.25) is 0 Å². The zero-order chi connectivity index (χ0) is 14.1. The topological polar surface area (TPSA) is 84.2 Å². The van der Waals surface area contributed by atoms with Gasteiger partial charge in [0, 0.05) is 37.8 Å². The Labute approximate surface area is 116 Å². The Kier molecular flexibility index (Phi) is 3.22. The van der Waals surface area contributed by atoms with Crippen LogP contribution in [0.1, 0.15) is 19.8 Å². The predicted molar refractivity (Wildman–Crippen MR) is 76.6 cm³/mol. The van der Waals surface area contributed by atoms with Crippen LogP contribution in [0.5, 0.6) is 0 Å². The lowest BCUT2D eigenvalue weighted by Crippen LogP contribution is -2.44. The lowest BCUT2D eigenvalue weighted by atomic mass is 10.00. The minimum Gasteiger partial charge on any atom is -0.446 e. The number of ether oxygens (including phenoxy) is 1. The molecule has 2 unspecified atom stereocenters. The van der Waals surface area contributed by atoms with Gasteiger partial charge in [0.15, 0.2) is 0 Å². The fourth-order valence-electron chi connectivity index (χ4n) is 2.92. The van der Waals surface area contributed by atoms with Gasteiger partial charge in [0.25, 0.3) is 0 Å². The number of carbonyl (C=O) groups excluding carboxylic acids is 1. The SMILES string of the molecule is CC1CC(OC(N)=O)CCN1c1c[nH]c2cccnc12. The first-order valence-electron chi connectivity index (χ1n) is 6.80. The third kappa shape index (κ3) is 2.29. The van der Waals surface area contributed by atoms with Crippen LogP contribution >= 0.6 is 0 Å². The number of H-pyrrole nitrogens is 1. The Morgan fingerprint density at radius 2 is 2.45 bits per heavy atom. The molecule has 2 aromatic rings. The van der Waals surface area contributed by atoms with Crippen molar-refractivity contribution in [3.05, 3.63) is 24.5 Å². The quantitative estimate of drug-likeness (QED) is 0.877. The Bertz CT molecular complexity index is 624. The first kappa shape index (κ1) is 12.8. The standard InChI is InChI=1S/C14H18N4O2/c1-9-7-10(20-14(15)19)4-6-18(9)12-8-17-11-3-2-5-16-13(11)12/h2-3,5,8-10,17H,4,6-7H2,1H3,(H2,15,19). The van der Waals surface area contributed by atoms with Crippen molar-refractivity contribution in [2.24, 2.45) is 5.73 Å². The molecule has 1 fully saturated rings. The van der Waals surface area contributed by atoms with E-state index in [0.29, 0.717) is 0 Å². The van der Waals surface area contributed by atoms with Gasteiger partial charge in [-0.15, -0.1) is 0 Å². The van der Waals surface area contributed by atoms with E-state index in [4.69, 9.17) is 10.5 Å². The number of pyridine rings is 1. The summed E-state index contributed by atoms with van der Waals surface area (Å²) in [7, 11) is 0. The Hall–Kier alpha value is -2.24. The average Bonchev–Trinajstić information content (AvgIpc) is 2.82. The molecule has 3 rings (SSSR count). The van der Waals surface area contributed by atoms with E-state index in [0.717, 1.165) is 36.1 Å². The summed E-state index contributed by atoms with van der Waals surface area (Å²) in [5, 5.41) is 0. The molecule has 1 aliphatic rings. The third-order valence-electron chi connectivity index (χ3n) is 3.84. The smallest absolute Gasteiger partial charge is 0.404 e. The number of aromatic amines is 1. The second-order valence-corrected chi connectivity index (χ2v) is 5.20. The van der Waals surface area contributed by atoms with Gasteiger partial charge in [-0.25, -0.2) is 4.79 Å². The second kappa shape index (κ2) is 5.03. The van der Waals surface area contributed by atoms with E-state index in [1.807, 2.05) is 18.3 Å². The molecular formula is C14H18N4O2. The number of hydrogen-bond acceptors (Lipinski definition) is 4. The van der Waals surface area contributed by atoms with E-state index < -0.39 is 6.09 Å². The molecule has 0 aliphatic carbocycles. The number of amides is 1. The van der Waals surface area contributed by atoms with Crippen LogP contribution in [0.25, 0.3) is 11.0 Å². The summed E-state index contributed by atoms with van der Waals surface area (Å²) in [4.78, 5) is 20.8. The molecule has 1 saturated heterocycles. The summed E-state index contributed by atoms with van der Waals surface area (Å²) < 4.78 is 5.10. The van der Waals surface area contributed by atoms with Gasteiger partial charge >= 0.3 is 6.09 Å². The second-order valence-electron chi connectivity index (χ2n) is 5.20. The van der Waals surface area contributed by atoms with Crippen molar-refractivity contribution in [1.29, 1.82) is 0 Å². The number of hydrogen-bond donors (Lipinski definition) is 2. The van der Waals surface area contributed by atoms with Gasteiger partial charge in [0.2, 0.25) is 0 Å². The molecule has 3 N–H and O–H groups in total. The van der Waals surface area contributed by atoms with Crippen LogP contribution in [0, 0.1) is 0 Å². The van der Waals surface area contributed by atoms with E-state index in [9.17, 15) is 4.79 Å². The van der Waals surface area contributed by atoms with Crippen LogP contribution in [0.3, 0.4) is 0 Å². The fraction of sp³-hybridized carbons (Fsp3) is 0.429. The van der Waals surface area contributed by atoms with Crippen molar-refractivity contribution in [3.8, 4) is 0 Å². The zero-order valence-electron chi connectivity index (χ0n) is 11.4. The normalized spacial score (nSPS) is 22.9. The number of primary amides is 1. The number of nitrogens with one attached hydrogen (secondary N) is 1. The van der Waals surface area contributed by atoms with Crippen LogP contribution in [-0.4, -0.2) is 34.8 Å². The molecule has 0 spiro atoms. The number of rotatable bonds is 2. The number of fused-ring (bicyclic) bond motifs is 1. The maximum absolute atomic E-state index is 10.8. The summed E-state index contributed by atoms with van der Waals surface area (Å²) in [6.45, 7) is 2.95. The number of anilines is 1. The van der Waals surface area contributed by atoms with Gasteiger partial charge in [0.05, 0.1) is 11.2 Å². The molecule has 3 heterocycles. The van der Waals surface area contributed by atoms with Crippen molar-refractivity contribution in [2.75, 3.05) is 11.4 Å². The van der Waals surface area contributed by atoms with Crippen molar-refractivity contribution in [1.82, 2.24) is 9.97 Å². The fourth-order valence-corrected chi connectivity index (χ4v) is 2.92. The number of aromatic nitrogens is 2. The molecule has 0 aromatic carbocycles. The predicted octanol–water partition coefficient (Wildman–Crippen LogP) is 2.02. The highest BCUT2D eigenvalue weighted by molar-refractivity contribution is 5.89. The van der Waals surface area contributed by atoms with Gasteiger partial charge in [-0.2, -0.15) is 0 Å². The van der Waals surface area contributed by atoms with E-state index in [2.05, 4.69) is 21.8 Å². The Morgan fingerprint density at radius 1 is 1.60 bits per heavy atom. The van der Waals surface area contributed by atoms with Gasteiger partial charge in [-0.3, -0.25) is 4.98 Å². The van der Waals surface area contributed by atoms with Crippen LogP contribution in [-0.2, 0) is 4.74 Å². The molecule has 2 aromatic heterocycles. The summed E-state index contributed by atoms with van der Waals surface area (Å²) in [6.07, 6.45) is 4.58. The maximum atomic E-state index is 10.8. The number of carbonyl (C=O) groups is 1. The number of piperidine rings is 1. The summed E-state index contributed by atoms with van der Waals surface area (Å²) >= 11 is 0. The highest BCUT2D eigenvalue weighted by Crippen LogP contribution is 2.30. The monoisotopic (exact) mass is 274 g/mol. The minimum atomic E-state index is -0.690. The van der Waals surface area contributed by atoms with E-state index >= 15 is 0 Å². The number of nitrogens with two attached hydrogens (primary N) is 1. The lowest BCUT2D eigenvalue weighted by Gasteiger charge is -2.38. The highest BCUT2D eigenvalue weighted by Gasteiger charge is 2.29. The molecule has 0 saturated carbocycles. The summed E-state index contributed by atoms with van der Waals surface area (Å²) in [5.41, 5.74) is 8.20. The van der Waals surface area contributed by atoms with E-state index in [-0.39, 0.29) is 12.1 Å². The number of nitrogens with zero attached hydrogens (tertiary/aromatic N) is 2. The molecule has 6 nitrogen and oxygen atoms in total. The maximum Gasteiger partial charge on any atom is 0.404 e. The average molecular weight is 274 g/mol. The first-order valence-corrected chi connectivity index (χ1v) is 6.80.